The zero-order valence-corrected chi connectivity index (χ0v) is 20.1. The number of ether oxygens (including phenoxy) is 1. The van der Waals surface area contributed by atoms with Crippen molar-refractivity contribution in [3.8, 4) is 0 Å². The average molecular weight is 466 g/mol. The third-order valence-corrected chi connectivity index (χ3v) is 6.68. The van der Waals surface area contributed by atoms with Gasteiger partial charge in [-0.15, -0.1) is 16.8 Å². The van der Waals surface area contributed by atoms with Crippen LogP contribution < -0.4 is 5.56 Å². The zero-order chi connectivity index (χ0) is 23.7. The Morgan fingerprint density at radius 3 is 2.76 bits per heavy atom. The second kappa shape index (κ2) is 9.36. The number of Topliss-reactive ketones (excluding diaryl/α,β-unsaturated/α-hetero) is 1. The number of fused-ring (bicyclic) bond motifs is 3. The number of carbonyl (C=O) groups excluding carboxylic acids is 1. The fraction of sp³-hybridized carbons (Fsp3) is 0.333. The molecule has 0 aliphatic carbocycles. The molecule has 3 heterocycles. The second-order valence-electron chi connectivity index (χ2n) is 8.01. The molecule has 4 rings (SSSR count). The lowest BCUT2D eigenvalue weighted by Crippen LogP contribution is -2.22. The van der Waals surface area contributed by atoms with E-state index in [0.29, 0.717) is 40.6 Å². The molecule has 0 spiro atoms. The first-order valence-corrected chi connectivity index (χ1v) is 11.7. The van der Waals surface area contributed by atoms with Crippen LogP contribution in [0.2, 0.25) is 0 Å². The Labute approximate surface area is 195 Å². The van der Waals surface area contributed by atoms with Crippen LogP contribution in [0.15, 0.2) is 52.9 Å². The molecule has 3 aromatic heterocycles. The van der Waals surface area contributed by atoms with Gasteiger partial charge >= 0.3 is 0 Å². The third kappa shape index (κ3) is 4.02. The number of allylic oxidation sites excluding steroid dienone is 1. The van der Waals surface area contributed by atoms with E-state index >= 15 is 0 Å². The van der Waals surface area contributed by atoms with Crippen molar-refractivity contribution in [2.24, 2.45) is 0 Å². The average Bonchev–Trinajstić information content (AvgIpc) is 3.35. The number of benzene rings is 1. The Morgan fingerprint density at radius 1 is 1.27 bits per heavy atom. The fourth-order valence-electron chi connectivity index (χ4n) is 4.38. The fourth-order valence-corrected chi connectivity index (χ4v) is 5.21. The summed E-state index contributed by atoms with van der Waals surface area (Å²) in [5.74, 6) is 0.656. The van der Waals surface area contributed by atoms with E-state index in [2.05, 4.69) is 28.3 Å². The lowest BCUT2D eigenvalue weighted by Gasteiger charge is -2.17. The summed E-state index contributed by atoms with van der Waals surface area (Å²) in [6.07, 6.45) is 1.65. The molecule has 0 amide bonds. The summed E-state index contributed by atoms with van der Waals surface area (Å²) in [4.78, 5) is 26.1. The number of carbonyl (C=O) groups is 1. The number of thioether (sulfide) groups is 1. The van der Waals surface area contributed by atoms with Gasteiger partial charge in [-0.3, -0.25) is 18.6 Å². The summed E-state index contributed by atoms with van der Waals surface area (Å²) in [6, 6.07) is 9.42. The predicted octanol–water partition coefficient (Wildman–Crippen LogP) is 3.83. The minimum absolute atomic E-state index is 0.0180. The van der Waals surface area contributed by atoms with Gasteiger partial charge in [0, 0.05) is 30.6 Å². The predicted molar refractivity (Wildman–Crippen MR) is 130 cm³/mol. The lowest BCUT2D eigenvalue weighted by molar-refractivity contribution is 0.102. The van der Waals surface area contributed by atoms with Crippen molar-refractivity contribution in [1.29, 1.82) is 0 Å². The van der Waals surface area contributed by atoms with Gasteiger partial charge in [-0.05, 0) is 39.0 Å². The largest absolute Gasteiger partial charge is 0.383 e. The molecule has 0 fully saturated rings. The molecule has 9 heteroatoms. The smallest absolute Gasteiger partial charge is 0.263 e. The van der Waals surface area contributed by atoms with E-state index in [-0.39, 0.29) is 23.1 Å². The molecule has 0 radical (unpaired) electrons. The lowest BCUT2D eigenvalue weighted by atomic mass is 10.2. The zero-order valence-electron chi connectivity index (χ0n) is 19.2. The highest BCUT2D eigenvalue weighted by Gasteiger charge is 2.21. The summed E-state index contributed by atoms with van der Waals surface area (Å²) >= 11 is 1.31. The maximum absolute atomic E-state index is 13.1. The molecule has 0 saturated heterocycles. The van der Waals surface area contributed by atoms with Crippen molar-refractivity contribution in [3.63, 3.8) is 0 Å². The maximum Gasteiger partial charge on any atom is 0.263 e. The molecular formula is C24H27N5O3S. The van der Waals surface area contributed by atoms with Crippen molar-refractivity contribution >= 4 is 34.2 Å². The van der Waals surface area contributed by atoms with Crippen LogP contribution in [0.25, 0.3) is 16.7 Å². The van der Waals surface area contributed by atoms with Gasteiger partial charge in [-0.2, -0.15) is 0 Å². The van der Waals surface area contributed by atoms with E-state index in [4.69, 9.17) is 4.74 Å². The van der Waals surface area contributed by atoms with Crippen molar-refractivity contribution in [3.05, 3.63) is 70.3 Å². The SMILES string of the molecule is C=CCn1c(=O)c2ccccc2n2c(SCC(=O)c3cc(C)n(C(C)COC)c3C)nnc12. The minimum atomic E-state index is -0.143. The molecule has 1 unspecified atom stereocenters. The Kier molecular flexibility index (Phi) is 6.53. The molecule has 0 saturated carbocycles. The molecule has 33 heavy (non-hydrogen) atoms. The normalized spacial score (nSPS) is 12.5. The molecule has 1 atom stereocenters. The van der Waals surface area contributed by atoms with Crippen LogP contribution >= 0.6 is 11.8 Å². The summed E-state index contributed by atoms with van der Waals surface area (Å²) in [7, 11) is 1.68. The van der Waals surface area contributed by atoms with E-state index in [1.807, 2.05) is 42.5 Å². The van der Waals surface area contributed by atoms with Crippen molar-refractivity contribution in [1.82, 2.24) is 23.7 Å². The van der Waals surface area contributed by atoms with Crippen LogP contribution in [0.1, 0.15) is 34.7 Å². The number of hydrogen-bond donors (Lipinski definition) is 0. The third-order valence-electron chi connectivity index (χ3n) is 5.76. The molecular weight excluding hydrogens is 438 g/mol. The standard InChI is InChI=1S/C24H27N5O3S/c1-6-11-27-22(31)18-9-7-8-10-20(18)29-23(27)25-26-24(29)33-14-21(30)19-12-15(2)28(17(19)4)16(3)13-32-5/h6-10,12,16H,1,11,13-14H2,2-5H3. The summed E-state index contributed by atoms with van der Waals surface area (Å²) < 4.78 is 10.8. The van der Waals surface area contributed by atoms with Gasteiger partial charge in [0.1, 0.15) is 0 Å². The Bertz CT molecular complexity index is 1420. The molecule has 0 aliphatic heterocycles. The van der Waals surface area contributed by atoms with Crippen LogP contribution in [0, 0.1) is 13.8 Å². The van der Waals surface area contributed by atoms with Crippen molar-refractivity contribution < 1.29 is 9.53 Å². The number of ketones is 1. The van der Waals surface area contributed by atoms with Crippen LogP contribution in [-0.2, 0) is 11.3 Å². The topological polar surface area (TPSA) is 83.4 Å². The van der Waals surface area contributed by atoms with Crippen molar-refractivity contribution in [2.45, 2.75) is 38.5 Å². The molecule has 0 aliphatic rings. The van der Waals surface area contributed by atoms with E-state index < -0.39 is 0 Å². The van der Waals surface area contributed by atoms with Gasteiger partial charge in [0.2, 0.25) is 5.78 Å². The van der Waals surface area contributed by atoms with Crippen molar-refractivity contribution in [2.75, 3.05) is 19.5 Å². The number of methoxy groups -OCH3 is 1. The summed E-state index contributed by atoms with van der Waals surface area (Å²) in [5, 5.41) is 9.69. The Balaban J connectivity index is 1.69. The van der Waals surface area contributed by atoms with Gasteiger partial charge < -0.3 is 9.30 Å². The van der Waals surface area contributed by atoms with Gasteiger partial charge in [0.15, 0.2) is 10.9 Å². The Hall–Kier alpha value is -3.17. The van der Waals surface area contributed by atoms with Crippen LogP contribution in [0.4, 0.5) is 0 Å². The van der Waals surface area contributed by atoms with Gasteiger partial charge in [0.25, 0.3) is 5.56 Å². The molecule has 1 aromatic carbocycles. The highest BCUT2D eigenvalue weighted by Crippen LogP contribution is 2.25. The van der Waals surface area contributed by atoms with E-state index in [0.717, 1.165) is 11.4 Å². The number of aryl methyl sites for hydroxylation is 1. The van der Waals surface area contributed by atoms with Crippen LogP contribution in [0.5, 0.6) is 0 Å². The van der Waals surface area contributed by atoms with Gasteiger partial charge in [0.05, 0.1) is 29.3 Å². The quantitative estimate of drug-likeness (QED) is 0.212. The summed E-state index contributed by atoms with van der Waals surface area (Å²) in [5.41, 5.74) is 3.22. The Morgan fingerprint density at radius 2 is 2.03 bits per heavy atom. The summed E-state index contributed by atoms with van der Waals surface area (Å²) in [6.45, 7) is 10.7. The second-order valence-corrected chi connectivity index (χ2v) is 8.95. The van der Waals surface area contributed by atoms with E-state index in [1.165, 1.54) is 11.8 Å². The highest BCUT2D eigenvalue weighted by molar-refractivity contribution is 7.99. The molecule has 0 bridgehead atoms. The van der Waals surface area contributed by atoms with E-state index in [1.54, 1.807) is 23.8 Å². The first-order valence-electron chi connectivity index (χ1n) is 10.7. The first kappa shape index (κ1) is 23.0. The van der Waals surface area contributed by atoms with Gasteiger partial charge in [-0.1, -0.05) is 30.0 Å². The maximum atomic E-state index is 13.1. The highest BCUT2D eigenvalue weighted by atomic mass is 32.2. The van der Waals surface area contributed by atoms with Crippen LogP contribution in [-0.4, -0.2) is 49.0 Å². The van der Waals surface area contributed by atoms with Gasteiger partial charge in [-0.25, -0.2) is 0 Å². The molecule has 0 N–H and O–H groups in total. The molecule has 4 aromatic rings. The number of aromatic nitrogens is 5. The van der Waals surface area contributed by atoms with E-state index in [9.17, 15) is 9.59 Å². The molecule has 172 valence electrons. The number of rotatable bonds is 9. The molecule has 8 nitrogen and oxygen atoms in total. The monoisotopic (exact) mass is 465 g/mol. The number of hydrogen-bond acceptors (Lipinski definition) is 6. The van der Waals surface area contributed by atoms with Crippen LogP contribution in [0.3, 0.4) is 0 Å². The number of para-hydroxylation sites is 1. The first-order chi connectivity index (χ1) is 15.9. The number of nitrogens with zero attached hydrogens (tertiary/aromatic N) is 5. The minimum Gasteiger partial charge on any atom is -0.383 e.